The fourth-order valence-electron chi connectivity index (χ4n) is 3.05. The Bertz CT molecular complexity index is 643. The van der Waals surface area contributed by atoms with Gasteiger partial charge in [0.15, 0.2) is 0 Å². The molecule has 0 saturated carbocycles. The largest absolute Gasteiger partial charge is 0.544 e. The maximum absolute atomic E-state index is 6.43. The van der Waals surface area contributed by atoms with Gasteiger partial charge in [0, 0.05) is 0 Å². The maximum Gasteiger partial charge on any atom is 0.250 e. The highest BCUT2D eigenvalue weighted by atomic mass is 28.4. The average molecular weight is 339 g/mol. The van der Waals surface area contributed by atoms with Gasteiger partial charge in [0.1, 0.15) is 5.75 Å². The van der Waals surface area contributed by atoms with Crippen LogP contribution in [0.4, 0.5) is 0 Å². The van der Waals surface area contributed by atoms with E-state index in [0.29, 0.717) is 0 Å². The molecule has 0 unspecified atom stereocenters. The van der Waals surface area contributed by atoms with Crippen LogP contribution >= 0.6 is 0 Å². The fourth-order valence-corrected chi connectivity index (χ4v) is 5.62. The molecule has 0 radical (unpaired) electrons. The lowest BCUT2D eigenvalue weighted by Gasteiger charge is -2.29. The Labute approximate surface area is 148 Å². The van der Waals surface area contributed by atoms with Gasteiger partial charge in [0.05, 0.1) is 0 Å². The topological polar surface area (TPSA) is 9.23 Å². The van der Waals surface area contributed by atoms with E-state index in [0.717, 1.165) is 41.4 Å². The summed E-state index contributed by atoms with van der Waals surface area (Å²) < 4.78 is 6.43. The first kappa shape index (κ1) is 18.5. The molecule has 0 N–H and O–H groups in total. The van der Waals surface area contributed by atoms with Crippen LogP contribution in [0.5, 0.6) is 5.75 Å². The van der Waals surface area contributed by atoms with Crippen molar-refractivity contribution in [2.24, 2.45) is 0 Å². The molecule has 2 heteroatoms. The van der Waals surface area contributed by atoms with Crippen molar-refractivity contribution in [3.05, 3.63) is 71.8 Å². The summed E-state index contributed by atoms with van der Waals surface area (Å²) in [6.45, 7) is 13.2. The summed E-state index contributed by atoms with van der Waals surface area (Å²) in [7, 11) is -1.60. The van der Waals surface area contributed by atoms with Crippen molar-refractivity contribution >= 4 is 13.9 Å². The molecular formula is C22H30OSi. The molecule has 0 aliphatic carbocycles. The maximum atomic E-state index is 6.43. The van der Waals surface area contributed by atoms with Crippen LogP contribution in [0.25, 0.3) is 5.57 Å². The molecule has 2 aromatic carbocycles. The van der Waals surface area contributed by atoms with Gasteiger partial charge in [-0.05, 0) is 58.9 Å². The van der Waals surface area contributed by atoms with E-state index in [9.17, 15) is 0 Å². The zero-order valence-corrected chi connectivity index (χ0v) is 16.6. The van der Waals surface area contributed by atoms with Crippen molar-refractivity contribution in [3.8, 4) is 5.75 Å². The lowest BCUT2D eigenvalue weighted by atomic mass is 9.98. The van der Waals surface area contributed by atoms with E-state index in [1.165, 1.54) is 11.1 Å². The van der Waals surface area contributed by atoms with Crippen LogP contribution in [0.3, 0.4) is 0 Å². The van der Waals surface area contributed by atoms with Gasteiger partial charge in [-0.15, -0.1) is 0 Å². The van der Waals surface area contributed by atoms with Gasteiger partial charge in [-0.2, -0.15) is 0 Å². The molecule has 0 bridgehead atoms. The monoisotopic (exact) mass is 338 g/mol. The minimum Gasteiger partial charge on any atom is -0.544 e. The van der Waals surface area contributed by atoms with Crippen LogP contribution in [-0.2, 0) is 6.42 Å². The van der Waals surface area contributed by atoms with E-state index >= 15 is 0 Å². The predicted octanol–water partition coefficient (Wildman–Crippen LogP) is 6.69. The van der Waals surface area contributed by atoms with Gasteiger partial charge in [-0.3, -0.25) is 0 Å². The highest BCUT2D eigenvalue weighted by Gasteiger charge is 2.30. The molecule has 0 saturated heterocycles. The lowest BCUT2D eigenvalue weighted by molar-refractivity contribution is 0.532. The molecule has 1 nitrogen and oxygen atoms in total. The highest BCUT2D eigenvalue weighted by molar-refractivity contribution is 6.74. The number of aryl methyl sites for hydroxylation is 1. The molecule has 2 aromatic rings. The molecule has 2 rings (SSSR count). The Morgan fingerprint density at radius 2 is 1.25 bits per heavy atom. The van der Waals surface area contributed by atoms with E-state index in [1.54, 1.807) is 0 Å². The normalized spacial score (nSPS) is 11.3. The molecule has 0 aliphatic rings. The average Bonchev–Trinajstić information content (AvgIpc) is 2.66. The van der Waals surface area contributed by atoms with Gasteiger partial charge in [0.25, 0.3) is 0 Å². The Balaban J connectivity index is 2.14. The van der Waals surface area contributed by atoms with Gasteiger partial charge in [0.2, 0.25) is 8.32 Å². The Morgan fingerprint density at radius 1 is 0.792 bits per heavy atom. The van der Waals surface area contributed by atoms with E-state index in [-0.39, 0.29) is 0 Å². The van der Waals surface area contributed by atoms with Gasteiger partial charge in [-0.25, -0.2) is 0 Å². The first-order valence-corrected chi connectivity index (χ1v) is 11.7. The molecule has 0 aromatic heterocycles. The zero-order chi connectivity index (χ0) is 17.6. The van der Waals surface area contributed by atoms with E-state index < -0.39 is 8.32 Å². The van der Waals surface area contributed by atoms with Crippen molar-refractivity contribution in [2.45, 2.75) is 52.2 Å². The number of rotatable bonds is 8. The molecule has 24 heavy (non-hydrogen) atoms. The third kappa shape index (κ3) is 4.18. The summed E-state index contributed by atoms with van der Waals surface area (Å²) in [5.41, 5.74) is 4.76. The Morgan fingerprint density at radius 3 is 1.67 bits per heavy atom. The summed E-state index contributed by atoms with van der Waals surface area (Å²) in [6.07, 6.45) is 1.07. The number of hydrogen-bond donors (Lipinski definition) is 0. The molecule has 0 atom stereocenters. The fraction of sp³-hybridized carbons (Fsp3) is 0.364. The second-order valence-electron chi connectivity index (χ2n) is 6.40. The third-order valence-corrected chi connectivity index (χ3v) is 9.72. The molecular weight excluding hydrogens is 308 g/mol. The number of benzene rings is 2. The molecule has 0 aliphatic heterocycles. The summed E-state index contributed by atoms with van der Waals surface area (Å²) in [5.74, 6) is 1.00. The first-order valence-electron chi connectivity index (χ1n) is 9.15. The molecule has 0 fully saturated rings. The van der Waals surface area contributed by atoms with Crippen LogP contribution in [0.15, 0.2) is 55.1 Å². The third-order valence-electron chi connectivity index (χ3n) is 5.18. The van der Waals surface area contributed by atoms with E-state index in [4.69, 9.17) is 4.43 Å². The van der Waals surface area contributed by atoms with E-state index in [2.05, 4.69) is 82.8 Å². The summed E-state index contributed by atoms with van der Waals surface area (Å²) in [5, 5.41) is 0. The quantitative estimate of drug-likeness (QED) is 0.487. The van der Waals surface area contributed by atoms with Crippen molar-refractivity contribution in [1.29, 1.82) is 0 Å². The smallest absolute Gasteiger partial charge is 0.250 e. The van der Waals surface area contributed by atoms with Gasteiger partial charge < -0.3 is 4.43 Å². The Kier molecular flexibility index (Phi) is 6.44. The molecule has 128 valence electrons. The van der Waals surface area contributed by atoms with Crippen molar-refractivity contribution in [1.82, 2.24) is 0 Å². The molecule has 0 amide bonds. The van der Waals surface area contributed by atoms with Crippen LogP contribution in [0.2, 0.25) is 18.1 Å². The number of hydrogen-bond acceptors (Lipinski definition) is 1. The zero-order valence-electron chi connectivity index (χ0n) is 15.6. The predicted molar refractivity (Wildman–Crippen MR) is 108 cm³/mol. The molecule has 0 heterocycles. The van der Waals surface area contributed by atoms with Crippen LogP contribution < -0.4 is 4.43 Å². The van der Waals surface area contributed by atoms with Crippen molar-refractivity contribution in [2.75, 3.05) is 0 Å². The van der Waals surface area contributed by atoms with Crippen LogP contribution in [-0.4, -0.2) is 8.32 Å². The minimum absolute atomic E-state index is 1.00. The van der Waals surface area contributed by atoms with Crippen LogP contribution in [0, 0.1) is 0 Å². The van der Waals surface area contributed by atoms with Crippen molar-refractivity contribution < 1.29 is 4.43 Å². The summed E-state index contributed by atoms with van der Waals surface area (Å²) >= 11 is 0. The SMILES string of the molecule is C=C(c1ccc(CC)cc1)c1ccc(O[Si](CC)(CC)CC)cc1. The van der Waals surface area contributed by atoms with Gasteiger partial charge in [-0.1, -0.05) is 70.7 Å². The Hall–Kier alpha value is -1.80. The van der Waals surface area contributed by atoms with Gasteiger partial charge >= 0.3 is 0 Å². The standard InChI is InChI=1S/C22H30OSi/c1-6-19-10-12-20(13-11-19)18(5)21-14-16-22(17-15-21)23-24(7-2,8-3)9-4/h10-17H,5-9H2,1-4H3. The second kappa shape index (κ2) is 8.34. The molecule has 0 spiro atoms. The van der Waals surface area contributed by atoms with Crippen molar-refractivity contribution in [3.63, 3.8) is 0 Å². The van der Waals surface area contributed by atoms with E-state index in [1.807, 2.05) is 0 Å². The second-order valence-corrected chi connectivity index (χ2v) is 11.1. The minimum atomic E-state index is -1.60. The highest BCUT2D eigenvalue weighted by Crippen LogP contribution is 2.28. The first-order chi connectivity index (χ1) is 11.6. The summed E-state index contributed by atoms with van der Waals surface area (Å²) in [6, 6.07) is 20.6. The summed E-state index contributed by atoms with van der Waals surface area (Å²) in [4.78, 5) is 0. The lowest BCUT2D eigenvalue weighted by Crippen LogP contribution is -2.39. The van der Waals surface area contributed by atoms with Crippen LogP contribution in [0.1, 0.15) is 44.4 Å².